The quantitative estimate of drug-likeness (QED) is 0.376. The van der Waals surface area contributed by atoms with Crippen molar-refractivity contribution in [3.05, 3.63) is 47.8 Å². The molecular weight excluding hydrogens is 469 g/mol. The summed E-state index contributed by atoms with van der Waals surface area (Å²) in [6.07, 6.45) is 3.89. The molecule has 28 heavy (non-hydrogen) atoms. The molecule has 2 heterocycles. The fourth-order valence-corrected chi connectivity index (χ4v) is 3.17. The molecule has 0 bridgehead atoms. The highest BCUT2D eigenvalue weighted by Gasteiger charge is 2.25. The van der Waals surface area contributed by atoms with Gasteiger partial charge in [0.25, 0.3) is 0 Å². The number of aliphatic imine (C=N–C) groups is 1. The van der Waals surface area contributed by atoms with Gasteiger partial charge in [-0.1, -0.05) is 18.2 Å². The number of nitrogens with zero attached hydrogens (tertiary/aromatic N) is 4. The van der Waals surface area contributed by atoms with Crippen LogP contribution in [0, 0.1) is 0 Å². The number of ether oxygens (including phenoxy) is 2. The Morgan fingerprint density at radius 3 is 2.89 bits per heavy atom. The average Bonchev–Trinajstić information content (AvgIpc) is 3.13. The van der Waals surface area contributed by atoms with Crippen molar-refractivity contribution in [3.63, 3.8) is 0 Å². The van der Waals surface area contributed by atoms with Crippen LogP contribution in [0.2, 0.25) is 0 Å². The number of hydrogen-bond acceptors (Lipinski definition) is 4. The first-order valence-corrected chi connectivity index (χ1v) is 9.55. The number of aryl methyl sites for hydroxylation is 1. The van der Waals surface area contributed by atoms with Crippen molar-refractivity contribution < 1.29 is 9.47 Å². The maximum atomic E-state index is 5.95. The summed E-state index contributed by atoms with van der Waals surface area (Å²) in [5, 5.41) is 7.67. The van der Waals surface area contributed by atoms with Crippen molar-refractivity contribution in [1.82, 2.24) is 20.0 Å². The van der Waals surface area contributed by atoms with Crippen LogP contribution in [0.5, 0.6) is 5.75 Å². The van der Waals surface area contributed by atoms with Crippen LogP contribution < -0.4 is 10.1 Å². The second-order valence-corrected chi connectivity index (χ2v) is 6.46. The summed E-state index contributed by atoms with van der Waals surface area (Å²) in [4.78, 5) is 7.12. The first kappa shape index (κ1) is 22.5. The molecule has 1 aliphatic heterocycles. The molecule has 1 saturated heterocycles. The normalized spacial score (nSPS) is 17.2. The van der Waals surface area contributed by atoms with E-state index in [0.717, 1.165) is 42.5 Å². The van der Waals surface area contributed by atoms with Crippen LogP contribution in [-0.4, -0.2) is 53.5 Å². The van der Waals surface area contributed by atoms with Crippen LogP contribution in [0.3, 0.4) is 0 Å². The van der Waals surface area contributed by atoms with Crippen LogP contribution in [0.1, 0.15) is 31.1 Å². The Kier molecular flexibility index (Phi) is 9.04. The molecule has 7 nitrogen and oxygen atoms in total. The molecule has 154 valence electrons. The van der Waals surface area contributed by atoms with Crippen molar-refractivity contribution in [1.29, 1.82) is 0 Å². The fourth-order valence-electron chi connectivity index (χ4n) is 3.17. The fraction of sp³-hybridized carbons (Fsp3) is 0.500. The standard InChI is InChI=1S/C20H29N5O2.HI/c1-4-21-20(22-12-16-8-6-7-9-18(16)26-5-2)25-10-11-27-19(15-25)17-13-23-24(3)14-17;/h6-9,13-14,19H,4-5,10-12,15H2,1-3H3,(H,21,22);1H. The number of aromatic nitrogens is 2. The van der Waals surface area contributed by atoms with Gasteiger partial charge in [-0.3, -0.25) is 4.68 Å². The highest BCUT2D eigenvalue weighted by Crippen LogP contribution is 2.22. The van der Waals surface area contributed by atoms with E-state index in [4.69, 9.17) is 14.5 Å². The molecule has 3 rings (SSSR count). The van der Waals surface area contributed by atoms with E-state index in [9.17, 15) is 0 Å². The Morgan fingerprint density at radius 2 is 2.18 bits per heavy atom. The molecule has 0 spiro atoms. The van der Waals surface area contributed by atoms with Gasteiger partial charge in [0.2, 0.25) is 0 Å². The van der Waals surface area contributed by atoms with Gasteiger partial charge in [-0.25, -0.2) is 4.99 Å². The van der Waals surface area contributed by atoms with E-state index in [1.54, 1.807) is 0 Å². The molecule has 1 aliphatic rings. The molecule has 1 aromatic heterocycles. The summed E-state index contributed by atoms with van der Waals surface area (Å²) in [5.74, 6) is 1.80. The van der Waals surface area contributed by atoms with Gasteiger partial charge >= 0.3 is 0 Å². The molecule has 0 aliphatic carbocycles. The Morgan fingerprint density at radius 1 is 1.36 bits per heavy atom. The minimum atomic E-state index is 0. The van der Waals surface area contributed by atoms with Gasteiger partial charge in [0.1, 0.15) is 11.9 Å². The summed E-state index contributed by atoms with van der Waals surface area (Å²) >= 11 is 0. The molecule has 1 N–H and O–H groups in total. The van der Waals surface area contributed by atoms with Gasteiger partial charge < -0.3 is 19.7 Å². The van der Waals surface area contributed by atoms with E-state index in [0.29, 0.717) is 19.8 Å². The molecule has 0 radical (unpaired) electrons. The zero-order valence-electron chi connectivity index (χ0n) is 16.8. The Labute approximate surface area is 184 Å². The number of guanidine groups is 1. The molecule has 1 fully saturated rings. The second kappa shape index (κ2) is 11.3. The summed E-state index contributed by atoms with van der Waals surface area (Å²) in [5.41, 5.74) is 2.19. The van der Waals surface area contributed by atoms with E-state index in [-0.39, 0.29) is 30.1 Å². The molecule has 0 saturated carbocycles. The highest BCUT2D eigenvalue weighted by atomic mass is 127. The first-order chi connectivity index (χ1) is 13.2. The third kappa shape index (κ3) is 5.84. The molecular formula is C20H30IN5O2. The lowest BCUT2D eigenvalue weighted by atomic mass is 10.1. The summed E-state index contributed by atoms with van der Waals surface area (Å²) < 4.78 is 13.5. The van der Waals surface area contributed by atoms with Crippen LogP contribution >= 0.6 is 24.0 Å². The largest absolute Gasteiger partial charge is 0.494 e. The lowest BCUT2D eigenvalue weighted by molar-refractivity contribution is -0.00805. The predicted octanol–water partition coefficient (Wildman–Crippen LogP) is 2.98. The van der Waals surface area contributed by atoms with E-state index in [1.165, 1.54) is 0 Å². The van der Waals surface area contributed by atoms with Crippen LogP contribution in [0.15, 0.2) is 41.7 Å². The maximum absolute atomic E-state index is 5.95. The SMILES string of the molecule is CCNC(=NCc1ccccc1OCC)N1CCOC(c2cnn(C)c2)C1.I. The monoisotopic (exact) mass is 499 g/mol. The Bertz CT molecular complexity index is 765. The van der Waals surface area contributed by atoms with Crippen molar-refractivity contribution in [2.24, 2.45) is 12.0 Å². The summed E-state index contributed by atoms with van der Waals surface area (Å²) in [6, 6.07) is 8.07. The van der Waals surface area contributed by atoms with E-state index < -0.39 is 0 Å². The summed E-state index contributed by atoms with van der Waals surface area (Å²) in [7, 11) is 1.92. The van der Waals surface area contributed by atoms with Gasteiger partial charge in [0.05, 0.1) is 32.5 Å². The zero-order valence-corrected chi connectivity index (χ0v) is 19.1. The second-order valence-electron chi connectivity index (χ2n) is 6.46. The summed E-state index contributed by atoms with van der Waals surface area (Å²) in [6.45, 7) is 8.37. The lowest BCUT2D eigenvalue weighted by Gasteiger charge is -2.34. The van der Waals surface area contributed by atoms with Crippen LogP contribution in [-0.2, 0) is 18.3 Å². The van der Waals surface area contributed by atoms with Crippen LogP contribution in [0.25, 0.3) is 0 Å². The number of morpholine rings is 1. The van der Waals surface area contributed by atoms with Crippen molar-refractivity contribution >= 4 is 29.9 Å². The minimum absolute atomic E-state index is 0. The van der Waals surface area contributed by atoms with E-state index in [2.05, 4.69) is 28.3 Å². The minimum Gasteiger partial charge on any atom is -0.494 e. The first-order valence-electron chi connectivity index (χ1n) is 9.55. The molecule has 1 aromatic carbocycles. The number of benzene rings is 1. The van der Waals surface area contributed by atoms with Crippen molar-refractivity contribution in [2.75, 3.05) is 32.8 Å². The molecule has 8 heteroatoms. The molecule has 0 amide bonds. The van der Waals surface area contributed by atoms with E-state index >= 15 is 0 Å². The number of halogens is 1. The smallest absolute Gasteiger partial charge is 0.194 e. The number of rotatable bonds is 6. The number of para-hydroxylation sites is 1. The topological polar surface area (TPSA) is 63.9 Å². The third-order valence-electron chi connectivity index (χ3n) is 4.47. The number of hydrogen-bond donors (Lipinski definition) is 1. The number of nitrogens with one attached hydrogen (secondary N) is 1. The van der Waals surface area contributed by atoms with Crippen molar-refractivity contribution in [2.45, 2.75) is 26.5 Å². The molecule has 1 atom stereocenters. The molecule has 1 unspecified atom stereocenters. The zero-order chi connectivity index (χ0) is 19.1. The molecule has 2 aromatic rings. The van der Waals surface area contributed by atoms with Crippen molar-refractivity contribution in [3.8, 4) is 5.75 Å². The van der Waals surface area contributed by atoms with Gasteiger partial charge in [-0.05, 0) is 19.9 Å². The van der Waals surface area contributed by atoms with Gasteiger partial charge in [0, 0.05) is 37.5 Å². The van der Waals surface area contributed by atoms with Gasteiger partial charge in [0.15, 0.2) is 5.96 Å². The Balaban J connectivity index is 0.00000280. The maximum Gasteiger partial charge on any atom is 0.194 e. The van der Waals surface area contributed by atoms with Crippen LogP contribution in [0.4, 0.5) is 0 Å². The lowest BCUT2D eigenvalue weighted by Crippen LogP contribution is -2.48. The predicted molar refractivity (Wildman–Crippen MR) is 121 cm³/mol. The van der Waals surface area contributed by atoms with E-state index in [1.807, 2.05) is 49.2 Å². The van der Waals surface area contributed by atoms with Gasteiger partial charge in [-0.2, -0.15) is 5.10 Å². The highest BCUT2D eigenvalue weighted by molar-refractivity contribution is 14.0. The van der Waals surface area contributed by atoms with Gasteiger partial charge in [-0.15, -0.1) is 24.0 Å². The third-order valence-corrected chi connectivity index (χ3v) is 4.47. The average molecular weight is 499 g/mol. The Hall–Kier alpha value is -1.81.